The minimum absolute atomic E-state index is 0.0131. The van der Waals surface area contributed by atoms with Gasteiger partial charge in [0, 0.05) is 37.9 Å². The number of aromatic amines is 2. The molecule has 0 saturated carbocycles. The first kappa shape index (κ1) is 15.5. The zero-order valence-electron chi connectivity index (χ0n) is 11.8. The second-order valence-corrected chi connectivity index (χ2v) is 5.09. The topological polar surface area (TPSA) is 109 Å². The molecule has 0 aliphatic carbocycles. The van der Waals surface area contributed by atoms with E-state index in [9.17, 15) is 14.4 Å². The van der Waals surface area contributed by atoms with Crippen molar-refractivity contribution in [3.8, 4) is 0 Å². The molecule has 2 rings (SSSR count). The quantitative estimate of drug-likeness (QED) is 0.603. The van der Waals surface area contributed by atoms with E-state index >= 15 is 0 Å². The summed E-state index contributed by atoms with van der Waals surface area (Å²) in [6.45, 7) is 3.54. The summed E-state index contributed by atoms with van der Waals surface area (Å²) in [6.07, 6.45) is 0.858. The summed E-state index contributed by atoms with van der Waals surface area (Å²) in [4.78, 5) is 43.0. The Morgan fingerprint density at radius 1 is 1.19 bits per heavy atom. The number of hydrogen-bond donors (Lipinski definition) is 3. The molecule has 21 heavy (non-hydrogen) atoms. The van der Waals surface area contributed by atoms with E-state index in [2.05, 4.69) is 14.9 Å². The van der Waals surface area contributed by atoms with Gasteiger partial charge in [-0.2, -0.15) is 0 Å². The van der Waals surface area contributed by atoms with Crippen LogP contribution in [0.4, 0.5) is 0 Å². The van der Waals surface area contributed by atoms with Gasteiger partial charge in [0.05, 0.1) is 13.0 Å². The highest BCUT2D eigenvalue weighted by Crippen LogP contribution is 2.05. The van der Waals surface area contributed by atoms with Crippen molar-refractivity contribution in [1.82, 2.24) is 19.8 Å². The molecule has 0 aromatic carbocycles. The number of carbonyl (C=O) groups is 1. The summed E-state index contributed by atoms with van der Waals surface area (Å²) in [6, 6.07) is 1.23. The lowest BCUT2D eigenvalue weighted by Gasteiger charge is -2.21. The average Bonchev–Trinajstić information content (AvgIpc) is 2.63. The van der Waals surface area contributed by atoms with Crippen molar-refractivity contribution >= 4 is 5.91 Å². The van der Waals surface area contributed by atoms with Crippen LogP contribution in [0.25, 0.3) is 0 Å². The maximum absolute atomic E-state index is 12.2. The molecule has 116 valence electrons. The Morgan fingerprint density at radius 3 is 2.71 bits per heavy atom. The standard InChI is InChI=1S/C13H20N4O4/c18-7-6-16-2-1-3-17(5-4-16)12(20)9-10-8-11(19)15-13(21)14-10/h8,18H,1-7,9H2,(H2,14,15,19,21). The fourth-order valence-electron chi connectivity index (χ4n) is 2.47. The number of nitrogens with one attached hydrogen (secondary N) is 2. The highest BCUT2D eigenvalue weighted by molar-refractivity contribution is 5.78. The molecule has 1 amide bonds. The van der Waals surface area contributed by atoms with E-state index in [1.807, 2.05) is 0 Å². The van der Waals surface area contributed by atoms with Gasteiger partial charge in [-0.05, 0) is 13.0 Å². The monoisotopic (exact) mass is 296 g/mol. The van der Waals surface area contributed by atoms with E-state index in [0.29, 0.717) is 25.3 Å². The number of aliphatic hydroxyl groups excluding tert-OH is 1. The van der Waals surface area contributed by atoms with Crippen molar-refractivity contribution in [1.29, 1.82) is 0 Å². The number of H-pyrrole nitrogens is 2. The summed E-state index contributed by atoms with van der Waals surface area (Å²) in [5, 5.41) is 8.94. The van der Waals surface area contributed by atoms with Crippen LogP contribution in [-0.4, -0.2) is 70.1 Å². The van der Waals surface area contributed by atoms with Crippen molar-refractivity contribution in [3.63, 3.8) is 0 Å². The average molecular weight is 296 g/mol. The van der Waals surface area contributed by atoms with Crippen molar-refractivity contribution in [2.45, 2.75) is 12.8 Å². The first-order valence-corrected chi connectivity index (χ1v) is 7.02. The Balaban J connectivity index is 1.96. The van der Waals surface area contributed by atoms with E-state index in [1.54, 1.807) is 4.90 Å². The number of aliphatic hydroxyl groups is 1. The Morgan fingerprint density at radius 2 is 2.00 bits per heavy atom. The second kappa shape index (κ2) is 7.19. The number of carbonyl (C=O) groups excluding carboxylic acids is 1. The van der Waals surface area contributed by atoms with Crippen LogP contribution in [0.3, 0.4) is 0 Å². The lowest BCUT2D eigenvalue weighted by molar-refractivity contribution is -0.130. The number of β-amino-alcohol motifs (C(OH)–C–C–N with tert-alkyl or cyclic N) is 1. The van der Waals surface area contributed by atoms with Crippen LogP contribution in [0.5, 0.6) is 0 Å². The SMILES string of the molecule is O=C(Cc1cc(=O)[nH]c(=O)[nH]1)N1CCCN(CCO)CC1. The third-order valence-corrected chi connectivity index (χ3v) is 3.52. The molecule has 0 radical (unpaired) electrons. The molecule has 3 N–H and O–H groups in total. The summed E-state index contributed by atoms with van der Waals surface area (Å²) in [5.41, 5.74) is -0.785. The number of aromatic nitrogens is 2. The fraction of sp³-hybridized carbons (Fsp3) is 0.615. The van der Waals surface area contributed by atoms with Crippen molar-refractivity contribution in [2.75, 3.05) is 39.3 Å². The van der Waals surface area contributed by atoms with E-state index in [1.165, 1.54) is 6.07 Å². The van der Waals surface area contributed by atoms with Gasteiger partial charge in [-0.3, -0.25) is 19.5 Å². The van der Waals surface area contributed by atoms with Crippen LogP contribution in [0.2, 0.25) is 0 Å². The molecule has 1 aromatic rings. The summed E-state index contributed by atoms with van der Waals surface area (Å²) in [7, 11) is 0. The van der Waals surface area contributed by atoms with Crippen molar-refractivity contribution in [3.05, 3.63) is 32.6 Å². The highest BCUT2D eigenvalue weighted by atomic mass is 16.3. The maximum atomic E-state index is 12.2. The Hall–Kier alpha value is -1.93. The summed E-state index contributed by atoms with van der Waals surface area (Å²) >= 11 is 0. The van der Waals surface area contributed by atoms with Gasteiger partial charge in [-0.25, -0.2) is 4.79 Å². The highest BCUT2D eigenvalue weighted by Gasteiger charge is 2.19. The van der Waals surface area contributed by atoms with E-state index in [-0.39, 0.29) is 18.9 Å². The molecule has 1 aromatic heterocycles. The molecule has 0 bridgehead atoms. The molecule has 1 fully saturated rings. The predicted molar refractivity (Wildman–Crippen MR) is 76.1 cm³/mol. The van der Waals surface area contributed by atoms with Crippen LogP contribution in [-0.2, 0) is 11.2 Å². The van der Waals surface area contributed by atoms with Gasteiger partial charge in [0.25, 0.3) is 5.56 Å². The smallest absolute Gasteiger partial charge is 0.325 e. The summed E-state index contributed by atoms with van der Waals surface area (Å²) < 4.78 is 0. The van der Waals surface area contributed by atoms with Crippen LogP contribution < -0.4 is 11.2 Å². The van der Waals surface area contributed by atoms with Gasteiger partial charge in [0.15, 0.2) is 0 Å². The largest absolute Gasteiger partial charge is 0.395 e. The second-order valence-electron chi connectivity index (χ2n) is 5.09. The Bertz CT molecular complexity index is 566. The van der Waals surface area contributed by atoms with E-state index in [4.69, 9.17) is 5.11 Å². The lowest BCUT2D eigenvalue weighted by Crippen LogP contribution is -2.37. The predicted octanol–water partition coefficient (Wildman–Crippen LogP) is -1.87. The van der Waals surface area contributed by atoms with Crippen LogP contribution in [0.15, 0.2) is 15.7 Å². The number of rotatable bonds is 4. The van der Waals surface area contributed by atoms with Crippen LogP contribution in [0.1, 0.15) is 12.1 Å². The normalized spacial score (nSPS) is 16.7. The van der Waals surface area contributed by atoms with Gasteiger partial charge in [0.1, 0.15) is 0 Å². The van der Waals surface area contributed by atoms with Crippen molar-refractivity contribution < 1.29 is 9.90 Å². The molecule has 1 saturated heterocycles. The molecular weight excluding hydrogens is 276 g/mol. The Kier molecular flexibility index (Phi) is 5.29. The molecule has 2 heterocycles. The van der Waals surface area contributed by atoms with Gasteiger partial charge in [-0.15, -0.1) is 0 Å². The van der Waals surface area contributed by atoms with Gasteiger partial charge >= 0.3 is 5.69 Å². The van der Waals surface area contributed by atoms with Gasteiger partial charge in [-0.1, -0.05) is 0 Å². The molecule has 0 atom stereocenters. The van der Waals surface area contributed by atoms with Gasteiger partial charge < -0.3 is 15.0 Å². The summed E-state index contributed by atoms with van der Waals surface area (Å²) in [5.74, 6) is -0.109. The molecule has 1 aliphatic rings. The molecule has 1 aliphatic heterocycles. The molecule has 8 heteroatoms. The minimum atomic E-state index is -0.602. The number of amides is 1. The Labute approximate surface area is 121 Å². The van der Waals surface area contributed by atoms with Crippen LogP contribution in [0, 0.1) is 0 Å². The third kappa shape index (κ3) is 4.54. The number of nitrogens with zero attached hydrogens (tertiary/aromatic N) is 2. The zero-order chi connectivity index (χ0) is 15.2. The third-order valence-electron chi connectivity index (χ3n) is 3.52. The zero-order valence-corrected chi connectivity index (χ0v) is 11.8. The molecule has 0 spiro atoms. The number of hydrogen-bond acceptors (Lipinski definition) is 5. The van der Waals surface area contributed by atoms with E-state index in [0.717, 1.165) is 19.5 Å². The fourth-order valence-corrected chi connectivity index (χ4v) is 2.47. The van der Waals surface area contributed by atoms with Crippen LogP contribution >= 0.6 is 0 Å². The first-order valence-electron chi connectivity index (χ1n) is 7.02. The van der Waals surface area contributed by atoms with Gasteiger partial charge in [0.2, 0.25) is 5.91 Å². The molecule has 0 unspecified atom stereocenters. The maximum Gasteiger partial charge on any atom is 0.325 e. The van der Waals surface area contributed by atoms with Crippen molar-refractivity contribution in [2.24, 2.45) is 0 Å². The lowest BCUT2D eigenvalue weighted by atomic mass is 10.2. The molecule has 8 nitrogen and oxygen atoms in total. The first-order chi connectivity index (χ1) is 10.1. The minimum Gasteiger partial charge on any atom is -0.395 e. The van der Waals surface area contributed by atoms with E-state index < -0.39 is 11.2 Å². The molecular formula is C13H20N4O4.